The lowest BCUT2D eigenvalue weighted by atomic mass is 9.97. The second-order valence-electron chi connectivity index (χ2n) is 4.72. The van der Waals surface area contributed by atoms with Crippen LogP contribution in [0.3, 0.4) is 0 Å². The molecule has 104 valence electrons. The van der Waals surface area contributed by atoms with Gasteiger partial charge in [-0.15, -0.1) is 0 Å². The summed E-state index contributed by atoms with van der Waals surface area (Å²) >= 11 is 3.43. The summed E-state index contributed by atoms with van der Waals surface area (Å²) in [6.45, 7) is 0.675. The van der Waals surface area contributed by atoms with E-state index in [4.69, 9.17) is 9.47 Å². The lowest BCUT2D eigenvalue weighted by Crippen LogP contribution is -2.04. The number of benzene rings is 2. The third-order valence-electron chi connectivity index (χ3n) is 3.53. The molecule has 0 spiro atoms. The molecule has 1 aliphatic heterocycles. The molecule has 0 aliphatic carbocycles. The number of hydrogen-bond acceptors (Lipinski definition) is 3. The van der Waals surface area contributed by atoms with Gasteiger partial charge in [0, 0.05) is 22.0 Å². The molecule has 1 heterocycles. The minimum Gasteiger partial charge on any atom is -0.496 e. The SMILES string of the molecule is COc1ccc(Br)cc1C(O)c1cccc2c1OCC2. The Balaban J connectivity index is 2.07. The summed E-state index contributed by atoms with van der Waals surface area (Å²) in [7, 11) is 1.60. The van der Waals surface area contributed by atoms with Crippen LogP contribution in [0.2, 0.25) is 0 Å². The van der Waals surface area contributed by atoms with Gasteiger partial charge in [0.1, 0.15) is 17.6 Å². The molecular weight excluding hydrogens is 320 g/mol. The van der Waals surface area contributed by atoms with Crippen LogP contribution in [0.15, 0.2) is 40.9 Å². The van der Waals surface area contributed by atoms with Crippen LogP contribution in [-0.4, -0.2) is 18.8 Å². The first-order chi connectivity index (χ1) is 9.70. The third kappa shape index (κ3) is 2.30. The molecule has 1 unspecified atom stereocenters. The van der Waals surface area contributed by atoms with E-state index in [0.717, 1.165) is 33.3 Å². The Bertz CT molecular complexity index is 638. The molecule has 3 rings (SSSR count). The van der Waals surface area contributed by atoms with E-state index in [2.05, 4.69) is 15.9 Å². The maximum atomic E-state index is 10.7. The smallest absolute Gasteiger partial charge is 0.128 e. The molecule has 0 aromatic heterocycles. The molecule has 0 radical (unpaired) electrons. The minimum absolute atomic E-state index is 0.663. The van der Waals surface area contributed by atoms with E-state index in [0.29, 0.717) is 12.4 Å². The van der Waals surface area contributed by atoms with E-state index in [9.17, 15) is 5.11 Å². The number of hydrogen-bond donors (Lipinski definition) is 1. The quantitative estimate of drug-likeness (QED) is 0.933. The molecule has 0 bridgehead atoms. The number of para-hydroxylation sites is 1. The zero-order valence-electron chi connectivity index (χ0n) is 11.1. The van der Waals surface area contributed by atoms with Gasteiger partial charge in [-0.05, 0) is 23.8 Å². The first kappa shape index (κ1) is 13.5. The normalized spacial score (nSPS) is 14.6. The van der Waals surface area contributed by atoms with Crippen LogP contribution < -0.4 is 9.47 Å². The van der Waals surface area contributed by atoms with Gasteiger partial charge in [-0.1, -0.05) is 34.1 Å². The fourth-order valence-electron chi connectivity index (χ4n) is 2.54. The number of fused-ring (bicyclic) bond motifs is 1. The Hall–Kier alpha value is -1.52. The lowest BCUT2D eigenvalue weighted by Gasteiger charge is -2.18. The predicted molar refractivity (Wildman–Crippen MR) is 80.4 cm³/mol. The van der Waals surface area contributed by atoms with E-state index < -0.39 is 6.10 Å². The standard InChI is InChI=1S/C16H15BrO3/c1-19-14-6-5-11(17)9-13(14)15(18)12-4-2-3-10-7-8-20-16(10)12/h2-6,9,15,18H,7-8H2,1H3. The summed E-state index contributed by atoms with van der Waals surface area (Å²) < 4.78 is 11.9. The molecule has 0 saturated carbocycles. The lowest BCUT2D eigenvalue weighted by molar-refractivity contribution is 0.208. The maximum absolute atomic E-state index is 10.7. The van der Waals surface area contributed by atoms with Crippen LogP contribution >= 0.6 is 15.9 Å². The largest absolute Gasteiger partial charge is 0.496 e. The van der Waals surface area contributed by atoms with Gasteiger partial charge < -0.3 is 14.6 Å². The topological polar surface area (TPSA) is 38.7 Å². The van der Waals surface area contributed by atoms with E-state index in [1.165, 1.54) is 0 Å². The second kappa shape index (κ2) is 5.46. The summed E-state index contributed by atoms with van der Waals surface area (Å²) in [4.78, 5) is 0. The fraction of sp³-hybridized carbons (Fsp3) is 0.250. The first-order valence-electron chi connectivity index (χ1n) is 6.47. The average molecular weight is 335 g/mol. The molecule has 2 aromatic carbocycles. The molecule has 0 saturated heterocycles. The molecule has 1 atom stereocenters. The number of aliphatic hydroxyl groups excluding tert-OH is 1. The van der Waals surface area contributed by atoms with Crippen molar-refractivity contribution in [3.05, 3.63) is 57.6 Å². The van der Waals surface area contributed by atoms with E-state index in [-0.39, 0.29) is 0 Å². The minimum atomic E-state index is -0.768. The molecule has 4 heteroatoms. The van der Waals surface area contributed by atoms with Gasteiger partial charge in [-0.3, -0.25) is 0 Å². The highest BCUT2D eigenvalue weighted by Gasteiger charge is 2.24. The van der Waals surface area contributed by atoms with Crippen molar-refractivity contribution in [3.8, 4) is 11.5 Å². The van der Waals surface area contributed by atoms with Crippen molar-refractivity contribution >= 4 is 15.9 Å². The van der Waals surface area contributed by atoms with Crippen LogP contribution in [0, 0.1) is 0 Å². The number of halogens is 1. The van der Waals surface area contributed by atoms with E-state index in [1.807, 2.05) is 36.4 Å². The molecule has 3 nitrogen and oxygen atoms in total. The molecule has 1 aliphatic rings. The van der Waals surface area contributed by atoms with Gasteiger partial charge in [0.2, 0.25) is 0 Å². The van der Waals surface area contributed by atoms with Crippen molar-refractivity contribution in [1.29, 1.82) is 0 Å². The van der Waals surface area contributed by atoms with Crippen molar-refractivity contribution in [3.63, 3.8) is 0 Å². The van der Waals surface area contributed by atoms with E-state index in [1.54, 1.807) is 7.11 Å². The number of rotatable bonds is 3. The molecular formula is C16H15BrO3. The molecule has 0 amide bonds. The van der Waals surface area contributed by atoms with E-state index >= 15 is 0 Å². The average Bonchev–Trinajstić information content (AvgIpc) is 2.94. The summed E-state index contributed by atoms with van der Waals surface area (Å²) in [5, 5.41) is 10.7. The molecule has 2 aromatic rings. The molecule has 20 heavy (non-hydrogen) atoms. The van der Waals surface area contributed by atoms with Gasteiger partial charge in [0.25, 0.3) is 0 Å². The van der Waals surface area contributed by atoms with Crippen LogP contribution in [0.1, 0.15) is 22.8 Å². The highest BCUT2D eigenvalue weighted by Crippen LogP contribution is 2.39. The zero-order valence-corrected chi connectivity index (χ0v) is 12.7. The van der Waals surface area contributed by atoms with Gasteiger partial charge >= 0.3 is 0 Å². The van der Waals surface area contributed by atoms with Crippen LogP contribution in [0.25, 0.3) is 0 Å². The van der Waals surface area contributed by atoms with Crippen LogP contribution in [-0.2, 0) is 6.42 Å². The Labute approximate surface area is 126 Å². The first-order valence-corrected chi connectivity index (χ1v) is 7.26. The molecule has 1 N–H and O–H groups in total. The van der Waals surface area contributed by atoms with Crippen molar-refractivity contribution < 1.29 is 14.6 Å². The second-order valence-corrected chi connectivity index (χ2v) is 5.64. The summed E-state index contributed by atoms with van der Waals surface area (Å²) in [6.07, 6.45) is 0.126. The van der Waals surface area contributed by atoms with Gasteiger partial charge in [-0.2, -0.15) is 0 Å². The number of methoxy groups -OCH3 is 1. The monoisotopic (exact) mass is 334 g/mol. The number of ether oxygens (including phenoxy) is 2. The Morgan fingerprint density at radius 2 is 2.10 bits per heavy atom. The third-order valence-corrected chi connectivity index (χ3v) is 4.02. The van der Waals surface area contributed by atoms with Crippen molar-refractivity contribution in [2.75, 3.05) is 13.7 Å². The summed E-state index contributed by atoms with van der Waals surface area (Å²) in [5.74, 6) is 1.47. The Morgan fingerprint density at radius 3 is 2.90 bits per heavy atom. The maximum Gasteiger partial charge on any atom is 0.128 e. The van der Waals surface area contributed by atoms with Crippen molar-refractivity contribution in [1.82, 2.24) is 0 Å². The summed E-state index contributed by atoms with van der Waals surface area (Å²) in [5.41, 5.74) is 2.66. The van der Waals surface area contributed by atoms with Gasteiger partial charge in [-0.25, -0.2) is 0 Å². The van der Waals surface area contributed by atoms with Crippen LogP contribution in [0.4, 0.5) is 0 Å². The highest BCUT2D eigenvalue weighted by molar-refractivity contribution is 9.10. The Morgan fingerprint density at radius 1 is 1.25 bits per heavy atom. The van der Waals surface area contributed by atoms with Crippen LogP contribution in [0.5, 0.6) is 11.5 Å². The summed E-state index contributed by atoms with van der Waals surface area (Å²) in [6, 6.07) is 11.5. The van der Waals surface area contributed by atoms with Crippen molar-refractivity contribution in [2.24, 2.45) is 0 Å². The highest BCUT2D eigenvalue weighted by atomic mass is 79.9. The van der Waals surface area contributed by atoms with Gasteiger partial charge in [0.05, 0.1) is 13.7 Å². The fourth-order valence-corrected chi connectivity index (χ4v) is 2.92. The van der Waals surface area contributed by atoms with Gasteiger partial charge in [0.15, 0.2) is 0 Å². The van der Waals surface area contributed by atoms with Crippen molar-refractivity contribution in [2.45, 2.75) is 12.5 Å². The zero-order chi connectivity index (χ0) is 14.1. The Kier molecular flexibility index (Phi) is 3.68. The predicted octanol–water partition coefficient (Wildman–Crippen LogP) is 3.47. The number of aliphatic hydroxyl groups is 1. The molecule has 0 fully saturated rings.